The molecule has 220 valence electrons. The van der Waals surface area contributed by atoms with Crippen LogP contribution in [0.25, 0.3) is 0 Å². The molecule has 1 aliphatic rings. The van der Waals surface area contributed by atoms with Gasteiger partial charge in [-0.3, -0.25) is 9.59 Å². The van der Waals surface area contributed by atoms with Crippen LogP contribution >= 0.6 is 23.1 Å². The molecule has 0 radical (unpaired) electrons. The molecule has 1 atom stereocenters. The van der Waals surface area contributed by atoms with E-state index in [-0.39, 0.29) is 30.7 Å². The van der Waals surface area contributed by atoms with Gasteiger partial charge in [0.05, 0.1) is 30.2 Å². The highest BCUT2D eigenvalue weighted by molar-refractivity contribution is 8.00. The van der Waals surface area contributed by atoms with Crippen molar-refractivity contribution in [1.29, 1.82) is 0 Å². The van der Waals surface area contributed by atoms with Crippen molar-refractivity contribution in [2.24, 2.45) is 0 Å². The Balaban J connectivity index is 1.32. The summed E-state index contributed by atoms with van der Waals surface area (Å²) < 4.78 is 12.4. The van der Waals surface area contributed by atoms with Gasteiger partial charge < -0.3 is 24.4 Å². The van der Waals surface area contributed by atoms with Gasteiger partial charge in [0.1, 0.15) is 5.00 Å². The summed E-state index contributed by atoms with van der Waals surface area (Å²) in [6.07, 6.45) is 5.95. The van der Waals surface area contributed by atoms with Gasteiger partial charge in [-0.25, -0.2) is 4.79 Å². The number of aromatic nitrogens is 3. The van der Waals surface area contributed by atoms with Crippen LogP contribution in [0.1, 0.15) is 69.4 Å². The van der Waals surface area contributed by atoms with Crippen LogP contribution in [-0.4, -0.2) is 44.4 Å². The van der Waals surface area contributed by atoms with Gasteiger partial charge in [0, 0.05) is 11.4 Å². The number of anilines is 1. The molecule has 4 aromatic rings. The number of furan rings is 1. The highest BCUT2D eigenvalue weighted by atomic mass is 32.2. The summed E-state index contributed by atoms with van der Waals surface area (Å²) in [6.45, 7) is 4.55. The number of thioether (sulfide) groups is 1. The third-order valence-corrected chi connectivity index (χ3v) is 9.24. The smallest absolute Gasteiger partial charge is 0.341 e. The molecule has 3 aromatic heterocycles. The number of ether oxygens (including phenoxy) is 1. The molecule has 10 nitrogen and oxygen atoms in total. The molecule has 1 unspecified atom stereocenters. The van der Waals surface area contributed by atoms with E-state index in [1.54, 1.807) is 26.0 Å². The van der Waals surface area contributed by atoms with Gasteiger partial charge in [0.2, 0.25) is 5.91 Å². The molecule has 2 amide bonds. The van der Waals surface area contributed by atoms with E-state index in [1.165, 1.54) is 29.4 Å². The van der Waals surface area contributed by atoms with Crippen molar-refractivity contribution in [3.05, 3.63) is 81.9 Å². The number of amides is 2. The zero-order valence-electron chi connectivity index (χ0n) is 23.6. The summed E-state index contributed by atoms with van der Waals surface area (Å²) in [5.41, 5.74) is 2.64. The number of hydrogen-bond donors (Lipinski definition) is 2. The number of esters is 1. The highest BCUT2D eigenvalue weighted by Crippen LogP contribution is 2.39. The van der Waals surface area contributed by atoms with Crippen LogP contribution in [0, 0.1) is 0 Å². The molecule has 0 fully saturated rings. The number of nitrogens with zero attached hydrogens (tertiary/aromatic N) is 3. The Kier molecular flexibility index (Phi) is 9.75. The molecule has 5 rings (SSSR count). The molecule has 1 aromatic carbocycles. The number of aryl methyl sites for hydroxylation is 2. The molecule has 0 aliphatic heterocycles. The Bertz CT molecular complexity index is 1530. The minimum Gasteiger partial charge on any atom is -0.462 e. The summed E-state index contributed by atoms with van der Waals surface area (Å²) in [6, 6.07) is 13.3. The normalized spacial score (nSPS) is 13.3. The van der Waals surface area contributed by atoms with Gasteiger partial charge in [-0.1, -0.05) is 42.1 Å². The molecule has 0 spiro atoms. The molecule has 12 heteroatoms. The highest BCUT2D eigenvalue weighted by Gasteiger charge is 2.29. The number of hydrogen-bond acceptors (Lipinski definition) is 9. The summed E-state index contributed by atoms with van der Waals surface area (Å²) in [7, 11) is 0. The molecule has 42 heavy (non-hydrogen) atoms. The second kappa shape index (κ2) is 13.8. The number of fused-ring (bicyclic) bond motifs is 1. The van der Waals surface area contributed by atoms with E-state index in [0.717, 1.165) is 48.1 Å². The molecule has 0 bridgehead atoms. The Labute approximate surface area is 252 Å². The third kappa shape index (κ3) is 6.93. The minimum atomic E-state index is -0.538. The first-order chi connectivity index (χ1) is 20.4. The summed E-state index contributed by atoms with van der Waals surface area (Å²) in [5, 5.41) is 15.1. The number of carbonyl (C=O) groups is 3. The fourth-order valence-corrected chi connectivity index (χ4v) is 6.97. The lowest BCUT2D eigenvalue weighted by molar-refractivity contribution is -0.115. The number of carbonyl (C=O) groups excluding carboxylic acids is 3. The summed E-state index contributed by atoms with van der Waals surface area (Å²) >= 11 is 2.75. The van der Waals surface area contributed by atoms with Crippen LogP contribution < -0.4 is 10.6 Å². The Morgan fingerprint density at radius 3 is 2.69 bits per heavy atom. The minimum absolute atomic E-state index is 0.145. The fraction of sp³-hybridized carbons (Fsp3) is 0.367. The lowest BCUT2D eigenvalue weighted by Crippen LogP contribution is -2.25. The summed E-state index contributed by atoms with van der Waals surface area (Å²) in [4.78, 5) is 39.8. The van der Waals surface area contributed by atoms with Gasteiger partial charge in [-0.2, -0.15) is 0 Å². The van der Waals surface area contributed by atoms with Crippen LogP contribution in [0.3, 0.4) is 0 Å². The van der Waals surface area contributed by atoms with Crippen molar-refractivity contribution in [1.82, 2.24) is 20.1 Å². The lowest BCUT2D eigenvalue weighted by atomic mass is 9.95. The average molecular weight is 608 g/mol. The van der Waals surface area contributed by atoms with Crippen LogP contribution in [0.15, 0.2) is 58.3 Å². The first-order valence-corrected chi connectivity index (χ1v) is 15.7. The standard InChI is InChI=1S/C30H33N5O5S2/c1-3-39-29(38)25-21-12-7-8-14-23(21)42-28(25)32-26(36)19(2)41-30-34-33-24(18-31-27(37)22-13-9-17-40-22)35(30)16-15-20-10-5-4-6-11-20/h4-6,9-11,13,17,19H,3,7-8,12,14-16,18H2,1-2H3,(H,31,37)(H,32,36). The maximum Gasteiger partial charge on any atom is 0.341 e. The Hall–Kier alpha value is -3.90. The molecule has 3 heterocycles. The topological polar surface area (TPSA) is 128 Å². The van der Waals surface area contributed by atoms with Gasteiger partial charge in [0.15, 0.2) is 16.7 Å². The number of nitrogens with one attached hydrogen (secondary N) is 2. The molecule has 0 saturated carbocycles. The molecular formula is C30H33N5O5S2. The van der Waals surface area contributed by atoms with E-state index in [9.17, 15) is 14.4 Å². The Morgan fingerprint density at radius 2 is 1.93 bits per heavy atom. The number of rotatable bonds is 12. The largest absolute Gasteiger partial charge is 0.462 e. The van der Waals surface area contributed by atoms with Crippen LogP contribution in [-0.2, 0) is 41.9 Å². The molecule has 2 N–H and O–H groups in total. The van der Waals surface area contributed by atoms with Crippen molar-refractivity contribution in [2.45, 2.75) is 69.4 Å². The predicted octanol–water partition coefficient (Wildman–Crippen LogP) is 5.28. The number of thiophene rings is 1. The van der Waals surface area contributed by atoms with E-state index in [1.807, 2.05) is 34.9 Å². The van der Waals surface area contributed by atoms with E-state index in [4.69, 9.17) is 9.15 Å². The fourth-order valence-electron chi connectivity index (χ4n) is 4.80. The Morgan fingerprint density at radius 1 is 1.12 bits per heavy atom. The molecule has 1 aliphatic carbocycles. The average Bonchev–Trinajstić information content (AvgIpc) is 3.74. The second-order valence-corrected chi connectivity index (χ2v) is 12.2. The van der Waals surface area contributed by atoms with Gasteiger partial charge in [-0.05, 0) is 69.2 Å². The van der Waals surface area contributed by atoms with E-state index in [0.29, 0.717) is 28.1 Å². The zero-order chi connectivity index (χ0) is 29.5. The number of benzene rings is 1. The van der Waals surface area contributed by atoms with Gasteiger partial charge in [0.25, 0.3) is 5.91 Å². The first-order valence-electron chi connectivity index (χ1n) is 14.0. The van der Waals surface area contributed by atoms with Gasteiger partial charge in [-0.15, -0.1) is 21.5 Å². The first kappa shape index (κ1) is 29.6. The zero-order valence-corrected chi connectivity index (χ0v) is 25.2. The van der Waals surface area contributed by atoms with Crippen molar-refractivity contribution >= 4 is 45.9 Å². The second-order valence-electron chi connectivity index (χ2n) is 9.83. The predicted molar refractivity (Wildman–Crippen MR) is 161 cm³/mol. The van der Waals surface area contributed by atoms with Crippen LogP contribution in [0.5, 0.6) is 0 Å². The molecule has 0 saturated heterocycles. The maximum atomic E-state index is 13.4. The van der Waals surface area contributed by atoms with E-state index >= 15 is 0 Å². The third-order valence-electron chi connectivity index (χ3n) is 6.95. The van der Waals surface area contributed by atoms with Crippen molar-refractivity contribution in [2.75, 3.05) is 11.9 Å². The van der Waals surface area contributed by atoms with Crippen LogP contribution in [0.2, 0.25) is 0 Å². The van der Waals surface area contributed by atoms with Crippen molar-refractivity contribution in [3.8, 4) is 0 Å². The molecular weight excluding hydrogens is 574 g/mol. The quantitative estimate of drug-likeness (QED) is 0.164. The summed E-state index contributed by atoms with van der Waals surface area (Å²) in [5.74, 6) is -0.210. The van der Waals surface area contributed by atoms with Crippen LogP contribution in [0.4, 0.5) is 5.00 Å². The van der Waals surface area contributed by atoms with Crippen molar-refractivity contribution in [3.63, 3.8) is 0 Å². The SMILES string of the molecule is CCOC(=O)c1c(NC(=O)C(C)Sc2nnc(CNC(=O)c3ccco3)n2CCc2ccccc2)sc2c1CCCC2. The van der Waals surface area contributed by atoms with E-state index < -0.39 is 11.2 Å². The lowest BCUT2D eigenvalue weighted by Gasteiger charge is -2.15. The van der Waals surface area contributed by atoms with Crippen molar-refractivity contribution < 1.29 is 23.5 Å². The monoisotopic (exact) mass is 607 g/mol. The van der Waals surface area contributed by atoms with E-state index in [2.05, 4.69) is 20.8 Å². The maximum absolute atomic E-state index is 13.4. The van der Waals surface area contributed by atoms with Gasteiger partial charge >= 0.3 is 5.97 Å².